The molecule has 0 aromatic heterocycles. The maximum atomic E-state index is 12.5. The maximum absolute atomic E-state index is 12.5. The van der Waals surface area contributed by atoms with Gasteiger partial charge in [-0.2, -0.15) is 0 Å². The van der Waals surface area contributed by atoms with E-state index < -0.39 is 0 Å². The molecule has 0 radical (unpaired) electrons. The van der Waals surface area contributed by atoms with Gasteiger partial charge in [-0.3, -0.25) is 4.79 Å². The number of allylic oxidation sites excluding steroid dienone is 1. The monoisotopic (exact) mass is 485 g/mol. The van der Waals surface area contributed by atoms with Gasteiger partial charge in [0.2, 0.25) is 5.91 Å². The molecule has 4 aliphatic carbocycles. The Hall–Kier alpha value is -0.830. The zero-order valence-electron chi connectivity index (χ0n) is 24.0. The van der Waals surface area contributed by atoms with E-state index >= 15 is 0 Å². The zero-order valence-corrected chi connectivity index (χ0v) is 24.0. The van der Waals surface area contributed by atoms with Gasteiger partial charge >= 0.3 is 0 Å². The summed E-state index contributed by atoms with van der Waals surface area (Å²) < 4.78 is 0. The van der Waals surface area contributed by atoms with Crippen LogP contribution in [0.2, 0.25) is 0 Å². The summed E-state index contributed by atoms with van der Waals surface area (Å²) in [7, 11) is 0. The van der Waals surface area contributed by atoms with Crippen molar-refractivity contribution in [2.75, 3.05) is 6.54 Å². The summed E-state index contributed by atoms with van der Waals surface area (Å²) in [6.07, 6.45) is 16.2. The lowest BCUT2D eigenvalue weighted by atomic mass is 9.47. The molecule has 9 atom stereocenters. The van der Waals surface area contributed by atoms with Gasteiger partial charge in [0.15, 0.2) is 0 Å². The molecule has 3 nitrogen and oxygen atoms in total. The molecule has 35 heavy (non-hydrogen) atoms. The number of rotatable bonds is 8. The Kier molecular flexibility index (Phi) is 7.89. The van der Waals surface area contributed by atoms with Gasteiger partial charge in [-0.25, -0.2) is 0 Å². The van der Waals surface area contributed by atoms with Crippen LogP contribution in [-0.2, 0) is 4.79 Å². The van der Waals surface area contributed by atoms with Crippen LogP contribution in [0.4, 0.5) is 0 Å². The highest BCUT2D eigenvalue weighted by Gasteiger charge is 2.59. The van der Waals surface area contributed by atoms with Crippen molar-refractivity contribution in [3.63, 3.8) is 0 Å². The average molecular weight is 486 g/mol. The zero-order chi connectivity index (χ0) is 25.6. The molecule has 0 spiro atoms. The lowest BCUT2D eigenvalue weighted by Crippen LogP contribution is -2.50. The van der Waals surface area contributed by atoms with Crippen molar-refractivity contribution in [3.8, 4) is 0 Å². The number of fused-ring (bicyclic) bond motifs is 5. The maximum Gasteiger partial charge on any atom is 0.225 e. The second kappa shape index (κ2) is 10.1. The van der Waals surface area contributed by atoms with Gasteiger partial charge in [0.25, 0.3) is 0 Å². The SMILES string of the molecule is CCNC(=O)C(C)(C)C(C)CCC[C@@H](C)[C@H]1CC[C@H]2[C@@H]3CC=C4C[C@@H](O)CC[C@]4(C)[C@H]3CC[C@]12C. The van der Waals surface area contributed by atoms with Crippen LogP contribution >= 0.6 is 0 Å². The van der Waals surface area contributed by atoms with Crippen LogP contribution in [0.3, 0.4) is 0 Å². The third-order valence-corrected chi connectivity index (χ3v) is 12.3. The van der Waals surface area contributed by atoms with E-state index in [0.29, 0.717) is 23.3 Å². The first kappa shape index (κ1) is 27.2. The van der Waals surface area contributed by atoms with Crippen LogP contribution in [0.25, 0.3) is 0 Å². The summed E-state index contributed by atoms with van der Waals surface area (Å²) in [5, 5.41) is 13.3. The van der Waals surface area contributed by atoms with Gasteiger partial charge in [0.1, 0.15) is 0 Å². The van der Waals surface area contributed by atoms with Crippen molar-refractivity contribution in [1.82, 2.24) is 5.32 Å². The Morgan fingerprint density at radius 1 is 1.11 bits per heavy atom. The molecule has 4 aliphatic rings. The summed E-state index contributed by atoms with van der Waals surface area (Å²) in [5.74, 6) is 4.80. The second-order valence-corrected chi connectivity index (χ2v) is 14.3. The Morgan fingerprint density at radius 3 is 2.57 bits per heavy atom. The number of carbonyl (C=O) groups is 1. The van der Waals surface area contributed by atoms with Crippen molar-refractivity contribution in [3.05, 3.63) is 11.6 Å². The van der Waals surface area contributed by atoms with Crippen molar-refractivity contribution in [2.24, 2.45) is 51.8 Å². The van der Waals surface area contributed by atoms with E-state index in [1.165, 1.54) is 51.4 Å². The molecule has 200 valence electrons. The lowest BCUT2D eigenvalue weighted by Gasteiger charge is -2.58. The van der Waals surface area contributed by atoms with E-state index in [2.05, 4.69) is 52.9 Å². The first-order valence-corrected chi connectivity index (χ1v) is 15.1. The number of hydrogen-bond donors (Lipinski definition) is 2. The highest BCUT2D eigenvalue weighted by Crippen LogP contribution is 2.67. The predicted octanol–water partition coefficient (Wildman–Crippen LogP) is 7.53. The number of hydrogen-bond acceptors (Lipinski definition) is 2. The van der Waals surface area contributed by atoms with Crippen LogP contribution < -0.4 is 5.32 Å². The fraction of sp³-hybridized carbons (Fsp3) is 0.906. The van der Waals surface area contributed by atoms with Crippen LogP contribution in [0.15, 0.2) is 11.6 Å². The molecule has 2 N–H and O–H groups in total. The molecule has 0 bridgehead atoms. The smallest absolute Gasteiger partial charge is 0.225 e. The molecule has 0 heterocycles. The van der Waals surface area contributed by atoms with E-state index in [4.69, 9.17) is 0 Å². The van der Waals surface area contributed by atoms with Crippen LogP contribution in [0.1, 0.15) is 119 Å². The van der Waals surface area contributed by atoms with Gasteiger partial charge in [-0.05, 0) is 111 Å². The van der Waals surface area contributed by atoms with Crippen LogP contribution in [0.5, 0.6) is 0 Å². The molecule has 3 heteroatoms. The fourth-order valence-electron chi connectivity index (χ4n) is 9.54. The molecule has 0 aromatic carbocycles. The minimum Gasteiger partial charge on any atom is -0.393 e. The number of aliphatic hydroxyl groups is 1. The topological polar surface area (TPSA) is 49.3 Å². The van der Waals surface area contributed by atoms with Gasteiger partial charge in [0, 0.05) is 12.0 Å². The van der Waals surface area contributed by atoms with Crippen LogP contribution in [-0.4, -0.2) is 23.7 Å². The summed E-state index contributed by atoms with van der Waals surface area (Å²) >= 11 is 0. The average Bonchev–Trinajstić information content (AvgIpc) is 3.16. The summed E-state index contributed by atoms with van der Waals surface area (Å²) in [6, 6.07) is 0. The molecule has 3 saturated carbocycles. The summed E-state index contributed by atoms with van der Waals surface area (Å²) in [5.41, 5.74) is 2.15. The standard InChI is InChI=1S/C32H55NO2/c1-8-33-29(35)30(4,5)22(3)11-9-10-21(2)26-14-15-27-25-13-12-23-20-24(34)16-18-31(23,6)28(25)17-19-32(26,27)7/h12,21-22,24-28,34H,8-11,13-20H2,1-7H3,(H,33,35)/t21-,22?,24+,25+,26-,27+,28+,31+,32-/m1/s1. The lowest BCUT2D eigenvalue weighted by molar-refractivity contribution is -0.131. The molecule has 0 saturated heterocycles. The van der Waals surface area contributed by atoms with Crippen molar-refractivity contribution in [2.45, 2.75) is 125 Å². The van der Waals surface area contributed by atoms with E-state index in [1.54, 1.807) is 5.57 Å². The van der Waals surface area contributed by atoms with E-state index in [0.717, 1.165) is 48.9 Å². The Balaban J connectivity index is 1.37. The highest BCUT2D eigenvalue weighted by molar-refractivity contribution is 5.82. The fourth-order valence-corrected chi connectivity index (χ4v) is 9.54. The molecule has 4 rings (SSSR count). The Morgan fingerprint density at radius 2 is 1.86 bits per heavy atom. The predicted molar refractivity (Wildman–Crippen MR) is 146 cm³/mol. The van der Waals surface area contributed by atoms with E-state index in [1.807, 2.05) is 6.92 Å². The molecule has 1 unspecified atom stereocenters. The highest BCUT2D eigenvalue weighted by atomic mass is 16.3. The first-order chi connectivity index (χ1) is 16.4. The normalized spacial score (nSPS) is 40.7. The van der Waals surface area contributed by atoms with E-state index in [-0.39, 0.29) is 17.4 Å². The molecule has 0 aromatic rings. The molecular formula is C32H55NO2. The summed E-state index contributed by atoms with van der Waals surface area (Å²) in [4.78, 5) is 12.5. The van der Waals surface area contributed by atoms with Crippen molar-refractivity contribution in [1.29, 1.82) is 0 Å². The van der Waals surface area contributed by atoms with Gasteiger partial charge < -0.3 is 10.4 Å². The van der Waals surface area contributed by atoms with Gasteiger partial charge in [-0.15, -0.1) is 0 Å². The molecular weight excluding hydrogens is 430 g/mol. The third kappa shape index (κ3) is 4.77. The summed E-state index contributed by atoms with van der Waals surface area (Å²) in [6.45, 7) is 17.0. The number of nitrogens with one attached hydrogen (secondary N) is 1. The molecule has 0 aliphatic heterocycles. The first-order valence-electron chi connectivity index (χ1n) is 15.1. The largest absolute Gasteiger partial charge is 0.393 e. The number of carbonyl (C=O) groups excluding carboxylic acids is 1. The third-order valence-electron chi connectivity index (χ3n) is 12.3. The quantitative estimate of drug-likeness (QED) is 0.349. The Bertz CT molecular complexity index is 801. The van der Waals surface area contributed by atoms with Crippen molar-refractivity contribution >= 4 is 5.91 Å². The minimum absolute atomic E-state index is 0.106. The van der Waals surface area contributed by atoms with Crippen molar-refractivity contribution < 1.29 is 9.90 Å². The van der Waals surface area contributed by atoms with Crippen LogP contribution in [0, 0.1) is 51.8 Å². The number of amides is 1. The Labute approximate surface area is 216 Å². The second-order valence-electron chi connectivity index (χ2n) is 14.3. The van der Waals surface area contributed by atoms with Gasteiger partial charge in [0.05, 0.1) is 6.10 Å². The van der Waals surface area contributed by atoms with E-state index in [9.17, 15) is 9.90 Å². The molecule has 3 fully saturated rings. The minimum atomic E-state index is -0.291. The van der Waals surface area contributed by atoms with Gasteiger partial charge in [-0.1, -0.05) is 66.0 Å². The molecule has 1 amide bonds. The number of aliphatic hydroxyl groups excluding tert-OH is 1.